The molecule has 60 valence electrons. The van der Waals surface area contributed by atoms with Crippen molar-refractivity contribution in [3.63, 3.8) is 0 Å². The number of hydrogen-bond acceptors (Lipinski definition) is 1. The van der Waals surface area contributed by atoms with Gasteiger partial charge in [0.25, 0.3) is 5.91 Å². The summed E-state index contributed by atoms with van der Waals surface area (Å²) in [4.78, 5) is 10.9. The number of halogens is 1. The van der Waals surface area contributed by atoms with Gasteiger partial charge in [-0.3, -0.25) is 4.79 Å². The minimum atomic E-state index is 0. The van der Waals surface area contributed by atoms with Crippen molar-refractivity contribution in [2.45, 2.75) is 6.92 Å². The Kier molecular flexibility index (Phi) is 3.09. The number of hydrogen-bond donors (Lipinski definition) is 1. The Hall–Kier alpha value is 0.160. The normalized spacial score (nSPS) is 29.1. The zero-order valence-corrected chi connectivity index (χ0v) is 8.68. The Balaban J connectivity index is 0.000000810. The van der Waals surface area contributed by atoms with Crippen molar-refractivity contribution in [1.82, 2.24) is 5.43 Å². The van der Waals surface area contributed by atoms with E-state index in [0.29, 0.717) is 4.59 Å². The van der Waals surface area contributed by atoms with Crippen LogP contribution in [0, 0.1) is 5.92 Å². The lowest BCUT2D eigenvalue weighted by Gasteiger charge is -2.20. The van der Waals surface area contributed by atoms with Crippen molar-refractivity contribution in [2.24, 2.45) is 5.92 Å². The zero-order valence-electron chi connectivity index (χ0n) is 6.52. The number of amides is 1. The maximum absolute atomic E-state index is 10.9. The SMILES string of the molecule is CC1C[N+](C)(C)NC1=O.[I-]. The average molecular weight is 256 g/mol. The van der Waals surface area contributed by atoms with Crippen LogP contribution >= 0.6 is 0 Å². The summed E-state index contributed by atoms with van der Waals surface area (Å²) in [5, 5.41) is 0. The molecule has 0 bridgehead atoms. The maximum Gasteiger partial charge on any atom is 0.273 e. The summed E-state index contributed by atoms with van der Waals surface area (Å²) in [7, 11) is 3.98. The number of quaternary nitrogens is 1. The molecule has 1 atom stereocenters. The minimum Gasteiger partial charge on any atom is -1.00 e. The first-order valence-electron chi connectivity index (χ1n) is 3.16. The second kappa shape index (κ2) is 3.04. The van der Waals surface area contributed by atoms with Gasteiger partial charge in [-0.05, 0) is 6.92 Å². The van der Waals surface area contributed by atoms with Gasteiger partial charge in [-0.2, -0.15) is 0 Å². The first-order chi connectivity index (χ1) is 4.01. The Morgan fingerprint density at radius 3 is 2.20 bits per heavy atom. The lowest BCUT2D eigenvalue weighted by atomic mass is 10.2. The zero-order chi connectivity index (χ0) is 7.07. The number of carbonyl (C=O) groups is 1. The molecular weight excluding hydrogens is 243 g/mol. The molecule has 0 spiro atoms. The predicted octanol–water partition coefficient (Wildman–Crippen LogP) is -3.25. The Morgan fingerprint density at radius 2 is 2.10 bits per heavy atom. The van der Waals surface area contributed by atoms with E-state index in [4.69, 9.17) is 0 Å². The molecule has 1 fully saturated rings. The molecule has 0 aromatic carbocycles. The molecule has 1 aliphatic heterocycles. The monoisotopic (exact) mass is 256 g/mol. The molecule has 1 heterocycles. The molecule has 0 aromatic rings. The molecule has 0 radical (unpaired) electrons. The summed E-state index contributed by atoms with van der Waals surface area (Å²) in [6, 6.07) is 0. The summed E-state index contributed by atoms with van der Waals surface area (Å²) >= 11 is 0. The average Bonchev–Trinajstić information content (AvgIpc) is 1.79. The maximum atomic E-state index is 10.9. The van der Waals surface area contributed by atoms with Gasteiger partial charge in [0.15, 0.2) is 0 Å². The van der Waals surface area contributed by atoms with Gasteiger partial charge < -0.3 is 24.0 Å². The largest absolute Gasteiger partial charge is 1.00 e. The van der Waals surface area contributed by atoms with E-state index in [1.54, 1.807) is 0 Å². The van der Waals surface area contributed by atoms with E-state index < -0.39 is 0 Å². The van der Waals surface area contributed by atoms with Crippen molar-refractivity contribution in [1.29, 1.82) is 0 Å². The summed E-state index contributed by atoms with van der Waals surface area (Å²) in [6.07, 6.45) is 0. The summed E-state index contributed by atoms with van der Waals surface area (Å²) in [5.74, 6) is 0.347. The second-order valence-electron chi connectivity index (χ2n) is 3.24. The molecule has 1 rings (SSSR count). The lowest BCUT2D eigenvalue weighted by molar-refractivity contribution is -0.917. The van der Waals surface area contributed by atoms with E-state index in [1.807, 2.05) is 21.0 Å². The summed E-state index contributed by atoms with van der Waals surface area (Å²) < 4.78 is 0.625. The van der Waals surface area contributed by atoms with Crippen LogP contribution in [0.2, 0.25) is 0 Å². The third-order valence-electron chi connectivity index (χ3n) is 1.59. The van der Waals surface area contributed by atoms with Crippen LogP contribution in [0.25, 0.3) is 0 Å². The highest BCUT2D eigenvalue weighted by Crippen LogP contribution is 2.10. The highest BCUT2D eigenvalue weighted by molar-refractivity contribution is 5.78. The van der Waals surface area contributed by atoms with Gasteiger partial charge in [-0.25, -0.2) is 10.0 Å². The predicted molar refractivity (Wildman–Crippen MR) is 34.3 cm³/mol. The van der Waals surface area contributed by atoms with E-state index >= 15 is 0 Å². The Morgan fingerprint density at radius 1 is 1.60 bits per heavy atom. The molecule has 0 aromatic heterocycles. The van der Waals surface area contributed by atoms with Crippen LogP contribution in [0.4, 0.5) is 0 Å². The van der Waals surface area contributed by atoms with Gasteiger partial charge in [0.05, 0.1) is 20.0 Å². The molecule has 1 amide bonds. The standard InChI is InChI=1S/C6H12N2O.HI/c1-5-4-8(2,3)7-6(5)9;/h5H,4H2,1-3H3;1H. The number of nitrogens with zero attached hydrogens (tertiary/aromatic N) is 1. The molecular formula is C6H13IN2O. The van der Waals surface area contributed by atoms with Crippen molar-refractivity contribution < 1.29 is 33.4 Å². The molecule has 10 heavy (non-hydrogen) atoms. The Bertz CT molecular complexity index is 147. The Labute approximate surface area is 78.4 Å². The van der Waals surface area contributed by atoms with Crippen LogP contribution in [0.1, 0.15) is 6.92 Å². The van der Waals surface area contributed by atoms with E-state index in [2.05, 4.69) is 5.43 Å². The smallest absolute Gasteiger partial charge is 0.273 e. The quantitative estimate of drug-likeness (QED) is 0.358. The number of rotatable bonds is 0. The number of nitrogens with one attached hydrogen (secondary N) is 1. The van der Waals surface area contributed by atoms with Crippen LogP contribution in [-0.2, 0) is 4.79 Å². The molecule has 0 saturated carbocycles. The van der Waals surface area contributed by atoms with E-state index in [1.165, 1.54) is 0 Å². The third-order valence-corrected chi connectivity index (χ3v) is 1.59. The van der Waals surface area contributed by atoms with E-state index in [-0.39, 0.29) is 35.8 Å². The molecule has 4 heteroatoms. The first kappa shape index (κ1) is 10.2. The van der Waals surface area contributed by atoms with Gasteiger partial charge in [-0.1, -0.05) is 0 Å². The van der Waals surface area contributed by atoms with Crippen molar-refractivity contribution >= 4 is 5.91 Å². The van der Waals surface area contributed by atoms with Crippen molar-refractivity contribution in [3.8, 4) is 0 Å². The highest BCUT2D eigenvalue weighted by Gasteiger charge is 2.34. The summed E-state index contributed by atoms with van der Waals surface area (Å²) in [6.45, 7) is 2.85. The molecule has 1 N–H and O–H groups in total. The molecule has 1 saturated heterocycles. The molecule has 3 nitrogen and oxygen atoms in total. The van der Waals surface area contributed by atoms with Gasteiger partial charge in [0, 0.05) is 0 Å². The fourth-order valence-corrected chi connectivity index (χ4v) is 1.22. The lowest BCUT2D eigenvalue weighted by Crippen LogP contribution is -3.00. The van der Waals surface area contributed by atoms with Gasteiger partial charge in [0.1, 0.15) is 6.54 Å². The van der Waals surface area contributed by atoms with Crippen LogP contribution in [0.5, 0.6) is 0 Å². The number of carbonyl (C=O) groups excluding carboxylic acids is 1. The third kappa shape index (κ3) is 2.09. The van der Waals surface area contributed by atoms with Crippen molar-refractivity contribution in [3.05, 3.63) is 0 Å². The van der Waals surface area contributed by atoms with Crippen LogP contribution < -0.4 is 29.4 Å². The van der Waals surface area contributed by atoms with Crippen LogP contribution in [-0.4, -0.2) is 31.1 Å². The first-order valence-corrected chi connectivity index (χ1v) is 3.16. The molecule has 1 aliphatic rings. The van der Waals surface area contributed by atoms with Crippen LogP contribution in [0.15, 0.2) is 0 Å². The fraction of sp³-hybridized carbons (Fsp3) is 0.833. The fourth-order valence-electron chi connectivity index (χ4n) is 1.22. The highest BCUT2D eigenvalue weighted by atomic mass is 127. The van der Waals surface area contributed by atoms with Crippen molar-refractivity contribution in [2.75, 3.05) is 20.6 Å². The van der Waals surface area contributed by atoms with Crippen LogP contribution in [0.3, 0.4) is 0 Å². The van der Waals surface area contributed by atoms with Gasteiger partial charge in [0.2, 0.25) is 0 Å². The molecule has 0 aliphatic carbocycles. The summed E-state index contributed by atoms with van der Waals surface area (Å²) in [5.41, 5.74) is 2.84. The van der Waals surface area contributed by atoms with Gasteiger partial charge in [-0.15, -0.1) is 0 Å². The second-order valence-corrected chi connectivity index (χ2v) is 3.24. The van der Waals surface area contributed by atoms with Gasteiger partial charge >= 0.3 is 0 Å². The minimum absolute atomic E-state index is 0. The molecule has 1 unspecified atom stereocenters. The topological polar surface area (TPSA) is 29.1 Å². The van der Waals surface area contributed by atoms with E-state index in [0.717, 1.165) is 6.54 Å². The van der Waals surface area contributed by atoms with E-state index in [9.17, 15) is 4.79 Å².